The Labute approximate surface area is 350 Å². The second-order valence-electron chi connectivity index (χ2n) is 15.1. The van der Waals surface area contributed by atoms with E-state index in [1.807, 2.05) is 23.6 Å². The highest BCUT2D eigenvalue weighted by atomic mass is 35.5. The summed E-state index contributed by atoms with van der Waals surface area (Å²) in [5, 5.41) is 20.3. The number of anilines is 4. The van der Waals surface area contributed by atoms with Gasteiger partial charge in [0.2, 0.25) is 11.9 Å². The molecular formula is C40H42Cl2F6N10O2. The second kappa shape index (κ2) is 16.8. The molecule has 4 N–H and O–H groups in total. The van der Waals surface area contributed by atoms with Crippen molar-refractivity contribution in [1.29, 1.82) is 0 Å². The van der Waals surface area contributed by atoms with Crippen molar-refractivity contribution in [1.82, 2.24) is 29.9 Å². The first-order chi connectivity index (χ1) is 28.3. The summed E-state index contributed by atoms with van der Waals surface area (Å²) in [6.07, 6.45) is -6.86. The van der Waals surface area contributed by atoms with Crippen LogP contribution in [0.1, 0.15) is 62.2 Å². The van der Waals surface area contributed by atoms with Crippen molar-refractivity contribution in [3.8, 4) is 0 Å². The lowest BCUT2D eigenvalue weighted by atomic mass is 10.1. The Kier molecular flexibility index (Phi) is 12.0. The van der Waals surface area contributed by atoms with Gasteiger partial charge < -0.3 is 39.8 Å². The van der Waals surface area contributed by atoms with E-state index >= 15 is 0 Å². The van der Waals surface area contributed by atoms with E-state index in [4.69, 9.17) is 23.2 Å². The average molecular weight is 880 g/mol. The number of aromatic amines is 2. The van der Waals surface area contributed by atoms with Crippen molar-refractivity contribution in [2.24, 2.45) is 0 Å². The second-order valence-corrected chi connectivity index (χ2v) is 15.9. The number of nitrogens with one attached hydrogen (secondary N) is 2. The van der Waals surface area contributed by atoms with Crippen molar-refractivity contribution in [3.05, 3.63) is 93.2 Å². The van der Waals surface area contributed by atoms with Crippen LogP contribution in [0.3, 0.4) is 0 Å². The number of alkyl halides is 6. The van der Waals surface area contributed by atoms with E-state index in [0.717, 1.165) is 24.3 Å². The molecule has 2 aliphatic heterocycles. The third-order valence-electron chi connectivity index (χ3n) is 10.6. The predicted molar refractivity (Wildman–Crippen MR) is 220 cm³/mol. The Morgan fingerprint density at radius 3 is 1.33 bits per heavy atom. The summed E-state index contributed by atoms with van der Waals surface area (Å²) in [6, 6.07) is 10.5. The summed E-state index contributed by atoms with van der Waals surface area (Å²) in [5.41, 5.74) is 1.58. The number of imidazole rings is 2. The number of aliphatic hydroxyl groups is 2. The van der Waals surface area contributed by atoms with Gasteiger partial charge in [0, 0.05) is 74.9 Å². The SMILES string of the molecule is C[C@@H]1CN(c2ncc([C@@H](C)O)cc2Cl)CCN1c1nc2ccc(C(F)(F)F)cc2[nH]1.C[C@H](O)c1cnc(N2CCN(c3nc4ccc(C(F)(F)F)cc4[nH]3)[C@H](C)C2)c(Cl)c1. The van der Waals surface area contributed by atoms with E-state index in [1.54, 1.807) is 38.4 Å². The molecule has 4 aromatic heterocycles. The van der Waals surface area contributed by atoms with Gasteiger partial charge in [0.15, 0.2) is 0 Å². The number of rotatable bonds is 6. The highest BCUT2D eigenvalue weighted by Gasteiger charge is 2.34. The van der Waals surface area contributed by atoms with Crippen molar-refractivity contribution in [2.75, 3.05) is 58.9 Å². The largest absolute Gasteiger partial charge is 0.416 e. The van der Waals surface area contributed by atoms with Crippen molar-refractivity contribution >= 4 is 68.8 Å². The van der Waals surface area contributed by atoms with E-state index in [9.17, 15) is 36.6 Å². The van der Waals surface area contributed by atoms with Crippen LogP contribution in [0.4, 0.5) is 49.9 Å². The van der Waals surface area contributed by atoms with Crippen molar-refractivity contribution < 1.29 is 36.6 Å². The summed E-state index contributed by atoms with van der Waals surface area (Å²) < 4.78 is 77.8. The number of halogens is 8. The van der Waals surface area contributed by atoms with E-state index in [1.165, 1.54) is 12.1 Å². The fourth-order valence-electron chi connectivity index (χ4n) is 7.36. The molecule has 6 aromatic rings. The minimum absolute atomic E-state index is 0.0238. The van der Waals surface area contributed by atoms with Crippen LogP contribution in [-0.4, -0.2) is 91.5 Å². The highest BCUT2D eigenvalue weighted by Crippen LogP contribution is 2.35. The van der Waals surface area contributed by atoms with Crippen molar-refractivity contribution in [2.45, 2.75) is 64.3 Å². The zero-order valence-corrected chi connectivity index (χ0v) is 34.3. The van der Waals surface area contributed by atoms with E-state index < -0.39 is 35.7 Å². The average Bonchev–Trinajstić information content (AvgIpc) is 3.81. The molecular weight excluding hydrogens is 837 g/mol. The van der Waals surface area contributed by atoms with Gasteiger partial charge in [-0.15, -0.1) is 0 Å². The Balaban J connectivity index is 0.000000181. The highest BCUT2D eigenvalue weighted by molar-refractivity contribution is 6.33. The first kappa shape index (κ1) is 43.1. The normalized spacial score (nSPS) is 18.8. The van der Waals surface area contributed by atoms with E-state index in [2.05, 4.69) is 39.7 Å². The smallest absolute Gasteiger partial charge is 0.389 e. The van der Waals surface area contributed by atoms with Crippen LogP contribution >= 0.6 is 23.2 Å². The van der Waals surface area contributed by atoms with Crippen LogP contribution in [-0.2, 0) is 12.4 Å². The van der Waals surface area contributed by atoms with E-state index in [0.29, 0.717) is 106 Å². The number of benzene rings is 2. The quantitative estimate of drug-likeness (QED) is 0.120. The fourth-order valence-corrected chi connectivity index (χ4v) is 7.95. The van der Waals surface area contributed by atoms with Gasteiger partial charge in [-0.25, -0.2) is 19.9 Å². The molecule has 0 saturated carbocycles. The number of aliphatic hydroxyl groups excluding tert-OH is 2. The molecule has 0 aliphatic carbocycles. The zero-order valence-electron chi connectivity index (χ0n) is 32.8. The first-order valence-corrected chi connectivity index (χ1v) is 19.9. The first-order valence-electron chi connectivity index (χ1n) is 19.1. The molecule has 0 bridgehead atoms. The number of hydrogen-bond acceptors (Lipinski definition) is 10. The zero-order chi connectivity index (χ0) is 43.3. The molecule has 8 rings (SSSR count). The summed E-state index contributed by atoms with van der Waals surface area (Å²) in [7, 11) is 0. The van der Waals surface area contributed by atoms with Crippen LogP contribution in [0.5, 0.6) is 0 Å². The number of nitrogens with zero attached hydrogens (tertiary/aromatic N) is 8. The van der Waals surface area contributed by atoms with Gasteiger partial charge in [-0.05, 0) is 76.2 Å². The molecule has 0 spiro atoms. The third kappa shape index (κ3) is 9.16. The van der Waals surface area contributed by atoms with Crippen LogP contribution in [0.25, 0.3) is 22.1 Å². The molecule has 2 saturated heterocycles. The summed E-state index contributed by atoms with van der Waals surface area (Å²) in [5.74, 6) is 2.37. The van der Waals surface area contributed by atoms with Crippen molar-refractivity contribution in [3.63, 3.8) is 0 Å². The van der Waals surface area contributed by atoms with Crippen LogP contribution in [0.15, 0.2) is 60.9 Å². The molecule has 0 radical (unpaired) electrons. The van der Waals surface area contributed by atoms with Gasteiger partial charge in [0.25, 0.3) is 0 Å². The topological polar surface area (TPSA) is 137 Å². The molecule has 6 heterocycles. The molecule has 12 nitrogen and oxygen atoms in total. The molecule has 4 atom stereocenters. The predicted octanol–water partition coefficient (Wildman–Crippen LogP) is 8.80. The molecule has 320 valence electrons. The molecule has 2 fully saturated rings. The maximum Gasteiger partial charge on any atom is 0.416 e. The number of pyridine rings is 2. The Hall–Kier alpha value is -5.04. The molecule has 2 aliphatic rings. The molecule has 2 aromatic carbocycles. The number of fused-ring (bicyclic) bond motifs is 2. The third-order valence-corrected chi connectivity index (χ3v) is 11.2. The number of H-pyrrole nitrogens is 2. The maximum atomic E-state index is 13.0. The summed E-state index contributed by atoms with van der Waals surface area (Å²) in [4.78, 5) is 32.0. The lowest BCUT2D eigenvalue weighted by Crippen LogP contribution is -2.52. The Morgan fingerprint density at radius 1 is 0.633 bits per heavy atom. The van der Waals surface area contributed by atoms with Gasteiger partial charge in [0.1, 0.15) is 11.6 Å². The maximum absolute atomic E-state index is 13.0. The van der Waals surface area contributed by atoms with Crippen LogP contribution < -0.4 is 19.6 Å². The summed E-state index contributed by atoms with van der Waals surface area (Å²) in [6.45, 7) is 11.0. The number of hydrogen-bond donors (Lipinski definition) is 4. The minimum atomic E-state index is -4.39. The van der Waals surface area contributed by atoms with Gasteiger partial charge in [-0.1, -0.05) is 23.2 Å². The molecule has 60 heavy (non-hydrogen) atoms. The monoisotopic (exact) mass is 878 g/mol. The van der Waals surface area contributed by atoms with Crippen LogP contribution in [0.2, 0.25) is 10.0 Å². The minimum Gasteiger partial charge on any atom is -0.389 e. The molecule has 0 amide bonds. The van der Waals surface area contributed by atoms with Gasteiger partial charge in [-0.2, -0.15) is 26.3 Å². The van der Waals surface area contributed by atoms with Gasteiger partial charge in [0.05, 0.1) is 55.4 Å². The standard InChI is InChI=1S/2C20H21ClF3N5O/c2*1-11-10-28(18-15(21)7-13(9-25-18)12(2)30)5-6-29(11)19-26-16-4-3-14(20(22,23)24)8-17(16)27-19/h2*3-4,7-9,11-12,30H,5-6,10H2,1-2H3,(H,26,27)/t11-,12+;11-,12-/m11/s1. The molecule has 20 heteroatoms. The number of piperazine rings is 2. The van der Waals surface area contributed by atoms with E-state index in [-0.39, 0.29) is 12.1 Å². The lowest BCUT2D eigenvalue weighted by molar-refractivity contribution is -0.138. The molecule has 0 unspecified atom stereocenters. The van der Waals surface area contributed by atoms with Gasteiger partial charge in [-0.3, -0.25) is 0 Å². The Bertz CT molecular complexity index is 2310. The van der Waals surface area contributed by atoms with Crippen LogP contribution in [0, 0.1) is 0 Å². The number of aromatic nitrogens is 6. The lowest BCUT2D eigenvalue weighted by Gasteiger charge is -2.40. The fraction of sp³-hybridized carbons (Fsp3) is 0.400. The summed E-state index contributed by atoms with van der Waals surface area (Å²) >= 11 is 12.7. The Morgan fingerprint density at radius 2 is 1.02 bits per heavy atom. The van der Waals surface area contributed by atoms with Gasteiger partial charge >= 0.3 is 12.4 Å².